The summed E-state index contributed by atoms with van der Waals surface area (Å²) in [6, 6.07) is 3.06. The topological polar surface area (TPSA) is 91.7 Å². The van der Waals surface area contributed by atoms with Gasteiger partial charge < -0.3 is 5.11 Å². The second-order valence-electron chi connectivity index (χ2n) is 2.32. The Hall–Kier alpha value is -0.400. The summed E-state index contributed by atoms with van der Waals surface area (Å²) in [5.41, 5.74) is -0.194. The zero-order chi connectivity index (χ0) is 10.1. The number of carbonyl (C=O) groups excluding carboxylic acids is 1. The summed E-state index contributed by atoms with van der Waals surface area (Å²) in [6.45, 7) is 0. The van der Waals surface area contributed by atoms with Crippen molar-refractivity contribution in [1.29, 1.82) is 0 Å². The van der Waals surface area contributed by atoms with Gasteiger partial charge in [-0.2, -0.15) is 8.42 Å². The fraction of sp³-hybridized carbons (Fsp3) is 0. The maximum atomic E-state index is 10.7. The Labute approximate surface area is 103 Å². The molecule has 0 amide bonds. The van der Waals surface area contributed by atoms with Gasteiger partial charge in [0.25, 0.3) is 10.1 Å². The minimum absolute atomic E-state index is 0. The predicted molar refractivity (Wildman–Crippen MR) is 50.5 cm³/mol. The second-order valence-corrected chi connectivity index (χ2v) is 3.71. The summed E-state index contributed by atoms with van der Waals surface area (Å²) in [5, 5.41) is 8.90. The first-order chi connectivity index (χ1) is 5.95. The quantitative estimate of drug-likeness (QED) is 0.414. The molecule has 0 atom stereocenters. The van der Waals surface area contributed by atoms with Crippen molar-refractivity contribution in [2.75, 3.05) is 0 Å². The molecule has 1 aromatic rings. The number of rotatable bonds is 2. The number of hydrogen-bond donors (Lipinski definition) is 2. The fourth-order valence-electron chi connectivity index (χ4n) is 0.844. The van der Waals surface area contributed by atoms with Gasteiger partial charge in [0.05, 0.1) is 0 Å². The van der Waals surface area contributed by atoms with Crippen molar-refractivity contribution < 1.29 is 22.9 Å². The number of phenols is 1. The van der Waals surface area contributed by atoms with E-state index in [1.807, 2.05) is 0 Å². The summed E-state index contributed by atoms with van der Waals surface area (Å²) in [5.74, 6) is -0.335. The molecule has 1 aromatic carbocycles. The van der Waals surface area contributed by atoms with Gasteiger partial charge in [0, 0.05) is 11.6 Å². The number of benzene rings is 1. The first-order valence-corrected chi connectivity index (χ1v) is 4.65. The number of hydrogen-bond acceptors (Lipinski definition) is 4. The normalized spacial score (nSPS) is 10.4. The molecule has 0 unspecified atom stereocenters. The van der Waals surface area contributed by atoms with Crippen LogP contribution in [0.15, 0.2) is 23.1 Å². The monoisotopic (exact) mass is 226 g/mol. The Morgan fingerprint density at radius 2 is 1.86 bits per heavy atom. The molecule has 0 saturated heterocycles. The third-order valence-electron chi connectivity index (χ3n) is 1.40. The van der Waals surface area contributed by atoms with Gasteiger partial charge in [-0.1, -0.05) is 0 Å². The van der Waals surface area contributed by atoms with E-state index in [1.165, 1.54) is 0 Å². The first-order valence-electron chi connectivity index (χ1n) is 3.21. The number of aldehydes is 1. The van der Waals surface area contributed by atoms with Gasteiger partial charge in [-0.05, 0) is 12.1 Å². The van der Waals surface area contributed by atoms with Crippen LogP contribution in [0.5, 0.6) is 5.75 Å². The standard InChI is InChI=1S/C7H6O5S.Na.H/c8-4-5-1-2-6(9)3-7(5)13(10,11)12;;/h1-4,9H,(H,10,11,12);;. The first kappa shape index (κ1) is 13.6. The minimum atomic E-state index is -4.46. The van der Waals surface area contributed by atoms with Crippen LogP contribution in [-0.4, -0.2) is 53.9 Å². The van der Waals surface area contributed by atoms with Crippen LogP contribution in [0, 0.1) is 0 Å². The van der Waals surface area contributed by atoms with Crippen LogP contribution < -0.4 is 0 Å². The van der Waals surface area contributed by atoms with E-state index in [0.717, 1.165) is 18.2 Å². The van der Waals surface area contributed by atoms with Gasteiger partial charge in [0.1, 0.15) is 10.6 Å². The van der Waals surface area contributed by atoms with Crippen molar-refractivity contribution in [1.82, 2.24) is 0 Å². The molecular formula is C7H7NaO5S. The van der Waals surface area contributed by atoms with Crippen molar-refractivity contribution in [2.24, 2.45) is 0 Å². The molecule has 14 heavy (non-hydrogen) atoms. The summed E-state index contributed by atoms with van der Waals surface area (Å²) in [4.78, 5) is 9.73. The molecule has 0 aromatic heterocycles. The average Bonchev–Trinajstić information content (AvgIpc) is 2.03. The Morgan fingerprint density at radius 3 is 2.29 bits per heavy atom. The zero-order valence-corrected chi connectivity index (χ0v) is 7.15. The van der Waals surface area contributed by atoms with E-state index in [1.54, 1.807) is 0 Å². The van der Waals surface area contributed by atoms with E-state index in [0.29, 0.717) is 0 Å². The third-order valence-corrected chi connectivity index (χ3v) is 2.31. The molecule has 0 fully saturated rings. The molecule has 5 nitrogen and oxygen atoms in total. The number of phenolic OH excluding ortho intramolecular Hbond substituents is 1. The van der Waals surface area contributed by atoms with E-state index in [9.17, 15) is 13.2 Å². The van der Waals surface area contributed by atoms with Crippen molar-refractivity contribution in [3.63, 3.8) is 0 Å². The van der Waals surface area contributed by atoms with Gasteiger partial charge in [0.2, 0.25) is 0 Å². The van der Waals surface area contributed by atoms with Crippen LogP contribution in [-0.2, 0) is 10.1 Å². The molecule has 0 radical (unpaired) electrons. The van der Waals surface area contributed by atoms with Crippen LogP contribution >= 0.6 is 0 Å². The Kier molecular flexibility index (Phi) is 4.76. The molecule has 0 heterocycles. The van der Waals surface area contributed by atoms with Gasteiger partial charge in [-0.3, -0.25) is 9.35 Å². The van der Waals surface area contributed by atoms with Crippen LogP contribution in [0.3, 0.4) is 0 Å². The predicted octanol–water partition coefficient (Wildman–Crippen LogP) is -0.197. The van der Waals surface area contributed by atoms with Gasteiger partial charge in [-0.25, -0.2) is 0 Å². The molecule has 0 bridgehead atoms. The van der Waals surface area contributed by atoms with Crippen molar-refractivity contribution in [3.8, 4) is 5.75 Å². The van der Waals surface area contributed by atoms with Gasteiger partial charge in [-0.15, -0.1) is 0 Å². The molecule has 0 aliphatic heterocycles. The van der Waals surface area contributed by atoms with Crippen molar-refractivity contribution >= 4 is 46.0 Å². The summed E-state index contributed by atoms with van der Waals surface area (Å²) in [6.07, 6.45) is 0.280. The molecule has 0 aliphatic carbocycles. The van der Waals surface area contributed by atoms with Crippen LogP contribution in [0.4, 0.5) is 0 Å². The van der Waals surface area contributed by atoms with E-state index in [4.69, 9.17) is 9.66 Å². The van der Waals surface area contributed by atoms with E-state index >= 15 is 0 Å². The summed E-state index contributed by atoms with van der Waals surface area (Å²) < 4.78 is 29.9. The average molecular weight is 226 g/mol. The molecule has 2 N–H and O–H groups in total. The summed E-state index contributed by atoms with van der Waals surface area (Å²) >= 11 is 0. The van der Waals surface area contributed by atoms with Crippen LogP contribution in [0.2, 0.25) is 0 Å². The molecule has 0 saturated carbocycles. The van der Waals surface area contributed by atoms with Crippen LogP contribution in [0.25, 0.3) is 0 Å². The van der Waals surface area contributed by atoms with E-state index in [-0.39, 0.29) is 47.2 Å². The second kappa shape index (κ2) is 4.90. The molecule has 0 aliphatic rings. The number of aromatic hydroxyl groups is 1. The van der Waals surface area contributed by atoms with Crippen molar-refractivity contribution in [3.05, 3.63) is 23.8 Å². The molecule has 72 valence electrons. The molecule has 7 heteroatoms. The molecule has 0 spiro atoms. The fourth-order valence-corrected chi connectivity index (χ4v) is 1.53. The summed E-state index contributed by atoms with van der Waals surface area (Å²) in [7, 11) is -4.46. The SMILES string of the molecule is O=Cc1ccc(O)cc1S(=O)(=O)O.[NaH]. The zero-order valence-electron chi connectivity index (χ0n) is 6.34. The van der Waals surface area contributed by atoms with Gasteiger partial charge >= 0.3 is 29.6 Å². The van der Waals surface area contributed by atoms with E-state index in [2.05, 4.69) is 0 Å². The Balaban J connectivity index is 0.00000169. The van der Waals surface area contributed by atoms with Crippen LogP contribution in [0.1, 0.15) is 10.4 Å². The Bertz CT molecular complexity index is 439. The van der Waals surface area contributed by atoms with Crippen molar-refractivity contribution in [2.45, 2.75) is 4.90 Å². The van der Waals surface area contributed by atoms with E-state index < -0.39 is 15.0 Å². The van der Waals surface area contributed by atoms with Gasteiger partial charge in [0.15, 0.2) is 6.29 Å². The molecular weight excluding hydrogens is 219 g/mol. The Morgan fingerprint density at radius 1 is 1.29 bits per heavy atom. The molecule has 1 rings (SSSR count). The number of carbonyl (C=O) groups is 1. The maximum absolute atomic E-state index is 10.7. The third kappa shape index (κ3) is 3.07.